The molecule has 0 saturated carbocycles. The van der Waals surface area contributed by atoms with Crippen molar-refractivity contribution in [2.45, 2.75) is 0 Å². The number of hydrogen-bond acceptors (Lipinski definition) is 6. The molecule has 30 heavy (non-hydrogen) atoms. The number of halogens is 1. The van der Waals surface area contributed by atoms with E-state index in [1.807, 2.05) is 42.5 Å². The van der Waals surface area contributed by atoms with Crippen LogP contribution in [0.15, 0.2) is 61.1 Å². The molecule has 0 saturated heterocycles. The standard InChI is InChI=1S/C21H12ClN7S/c22-17-7-6-16(30-17)11-2-1-3-13-18(11)27-21(26-13)20-19-14(28-29-20)5-4-12(25-19)15-10-23-8-9-24-15/h1-10H,(H,26,27)(H,28,29). The van der Waals surface area contributed by atoms with Crippen molar-refractivity contribution < 1.29 is 0 Å². The summed E-state index contributed by atoms with van der Waals surface area (Å²) in [5.41, 5.74) is 6.44. The quantitative estimate of drug-likeness (QED) is 0.395. The van der Waals surface area contributed by atoms with Crippen LogP contribution in [-0.4, -0.2) is 35.1 Å². The number of rotatable bonds is 3. The summed E-state index contributed by atoms with van der Waals surface area (Å²) in [6.07, 6.45) is 4.97. The highest BCUT2D eigenvalue weighted by Crippen LogP contribution is 2.36. The van der Waals surface area contributed by atoms with Crippen LogP contribution in [0.3, 0.4) is 0 Å². The van der Waals surface area contributed by atoms with E-state index in [-0.39, 0.29) is 0 Å². The summed E-state index contributed by atoms with van der Waals surface area (Å²) in [6, 6.07) is 13.8. The number of nitrogens with zero attached hydrogens (tertiary/aromatic N) is 5. The van der Waals surface area contributed by atoms with Crippen molar-refractivity contribution in [3.05, 3.63) is 65.4 Å². The van der Waals surface area contributed by atoms with Crippen LogP contribution in [0.25, 0.3) is 55.4 Å². The molecule has 0 spiro atoms. The van der Waals surface area contributed by atoms with Gasteiger partial charge in [0.2, 0.25) is 0 Å². The van der Waals surface area contributed by atoms with Gasteiger partial charge in [0.05, 0.1) is 32.8 Å². The minimum Gasteiger partial charge on any atom is -0.336 e. The van der Waals surface area contributed by atoms with Crippen LogP contribution in [0.2, 0.25) is 4.34 Å². The molecule has 7 nitrogen and oxygen atoms in total. The van der Waals surface area contributed by atoms with Gasteiger partial charge in [-0.1, -0.05) is 23.7 Å². The molecule has 6 rings (SSSR count). The van der Waals surface area contributed by atoms with Crippen LogP contribution < -0.4 is 0 Å². The summed E-state index contributed by atoms with van der Waals surface area (Å²) in [5.74, 6) is 0.648. The summed E-state index contributed by atoms with van der Waals surface area (Å²) in [5, 5.41) is 7.50. The zero-order valence-electron chi connectivity index (χ0n) is 15.3. The first-order valence-electron chi connectivity index (χ1n) is 9.12. The van der Waals surface area contributed by atoms with Crippen LogP contribution in [-0.2, 0) is 0 Å². The Hall–Kier alpha value is -3.62. The molecule has 0 aliphatic carbocycles. The fourth-order valence-corrected chi connectivity index (χ4v) is 4.51. The van der Waals surface area contributed by atoms with E-state index in [4.69, 9.17) is 21.6 Å². The minimum atomic E-state index is 0.648. The summed E-state index contributed by atoms with van der Waals surface area (Å²) >= 11 is 7.67. The first-order chi connectivity index (χ1) is 14.8. The Morgan fingerprint density at radius 3 is 2.67 bits per heavy atom. The average Bonchev–Trinajstić information content (AvgIpc) is 3.51. The van der Waals surface area contributed by atoms with Crippen molar-refractivity contribution in [2.75, 3.05) is 0 Å². The molecule has 0 amide bonds. The lowest BCUT2D eigenvalue weighted by Gasteiger charge is -1.99. The number of aromatic nitrogens is 7. The van der Waals surface area contributed by atoms with Crippen molar-refractivity contribution in [3.8, 4) is 33.3 Å². The van der Waals surface area contributed by atoms with Gasteiger partial charge >= 0.3 is 0 Å². The molecule has 0 radical (unpaired) electrons. The number of fused-ring (bicyclic) bond motifs is 2. The van der Waals surface area contributed by atoms with Gasteiger partial charge < -0.3 is 4.98 Å². The van der Waals surface area contributed by atoms with Gasteiger partial charge in [-0.25, -0.2) is 9.97 Å². The van der Waals surface area contributed by atoms with Gasteiger partial charge in [0.15, 0.2) is 11.5 Å². The van der Waals surface area contributed by atoms with Crippen molar-refractivity contribution in [2.24, 2.45) is 0 Å². The molecule has 9 heteroatoms. The lowest BCUT2D eigenvalue weighted by molar-refractivity contribution is 1.10. The number of nitrogens with one attached hydrogen (secondary N) is 2. The van der Waals surface area contributed by atoms with E-state index < -0.39 is 0 Å². The average molecular weight is 430 g/mol. The van der Waals surface area contributed by atoms with Gasteiger partial charge in [0.25, 0.3) is 0 Å². The Morgan fingerprint density at radius 1 is 0.867 bits per heavy atom. The zero-order chi connectivity index (χ0) is 20.1. The van der Waals surface area contributed by atoms with Crippen molar-refractivity contribution >= 4 is 45.0 Å². The summed E-state index contributed by atoms with van der Waals surface area (Å²) in [7, 11) is 0. The van der Waals surface area contributed by atoms with Crippen LogP contribution >= 0.6 is 22.9 Å². The van der Waals surface area contributed by atoms with E-state index in [1.165, 1.54) is 11.3 Å². The summed E-state index contributed by atoms with van der Waals surface area (Å²) in [6.45, 7) is 0. The van der Waals surface area contributed by atoms with Gasteiger partial charge in [0, 0.05) is 22.8 Å². The second-order valence-electron chi connectivity index (χ2n) is 6.65. The Morgan fingerprint density at radius 2 is 1.83 bits per heavy atom. The zero-order valence-corrected chi connectivity index (χ0v) is 16.9. The Kier molecular flexibility index (Phi) is 3.87. The van der Waals surface area contributed by atoms with Gasteiger partial charge in [0.1, 0.15) is 11.2 Å². The highest BCUT2D eigenvalue weighted by atomic mass is 35.5. The third-order valence-corrected chi connectivity index (χ3v) is 6.07. The van der Waals surface area contributed by atoms with E-state index in [2.05, 4.69) is 25.1 Å². The van der Waals surface area contributed by atoms with Crippen LogP contribution in [0, 0.1) is 0 Å². The number of benzene rings is 1. The van der Waals surface area contributed by atoms with E-state index in [0.29, 0.717) is 17.2 Å². The van der Waals surface area contributed by atoms with Crippen LogP contribution in [0.5, 0.6) is 0 Å². The number of thiophene rings is 1. The molecular formula is C21H12ClN7S. The predicted octanol–water partition coefficient (Wildman–Crippen LogP) is 5.34. The summed E-state index contributed by atoms with van der Waals surface area (Å²) < 4.78 is 0.747. The van der Waals surface area contributed by atoms with E-state index in [0.717, 1.165) is 42.5 Å². The molecule has 0 atom stereocenters. The number of para-hydroxylation sites is 1. The number of H-pyrrole nitrogens is 2. The van der Waals surface area contributed by atoms with Gasteiger partial charge in [-0.3, -0.25) is 15.1 Å². The largest absolute Gasteiger partial charge is 0.336 e. The molecule has 5 aromatic heterocycles. The monoisotopic (exact) mass is 429 g/mol. The Balaban J connectivity index is 1.52. The maximum absolute atomic E-state index is 6.14. The number of hydrogen-bond donors (Lipinski definition) is 2. The second-order valence-corrected chi connectivity index (χ2v) is 8.36. The third-order valence-electron chi connectivity index (χ3n) is 4.81. The molecule has 0 unspecified atom stereocenters. The normalized spacial score (nSPS) is 11.5. The number of imidazole rings is 1. The fourth-order valence-electron chi connectivity index (χ4n) is 3.44. The van der Waals surface area contributed by atoms with E-state index in [9.17, 15) is 0 Å². The first kappa shape index (κ1) is 17.3. The van der Waals surface area contributed by atoms with Gasteiger partial charge in [-0.2, -0.15) is 5.10 Å². The third kappa shape index (κ3) is 2.77. The summed E-state index contributed by atoms with van der Waals surface area (Å²) in [4.78, 5) is 22.5. The first-order valence-corrected chi connectivity index (χ1v) is 10.3. The topological polar surface area (TPSA) is 96.0 Å². The van der Waals surface area contributed by atoms with Crippen molar-refractivity contribution in [3.63, 3.8) is 0 Å². The van der Waals surface area contributed by atoms with Gasteiger partial charge in [-0.05, 0) is 30.3 Å². The molecular weight excluding hydrogens is 418 g/mol. The van der Waals surface area contributed by atoms with E-state index in [1.54, 1.807) is 18.6 Å². The molecule has 2 N–H and O–H groups in total. The smallest absolute Gasteiger partial charge is 0.161 e. The lowest BCUT2D eigenvalue weighted by Crippen LogP contribution is -1.89. The maximum atomic E-state index is 6.14. The molecule has 0 aliphatic heterocycles. The molecule has 0 bridgehead atoms. The Labute approximate surface area is 178 Å². The number of aromatic amines is 2. The Bertz CT molecular complexity index is 1520. The molecule has 0 aliphatic rings. The van der Waals surface area contributed by atoms with Crippen molar-refractivity contribution in [1.29, 1.82) is 0 Å². The predicted molar refractivity (Wildman–Crippen MR) is 118 cm³/mol. The second kappa shape index (κ2) is 6.72. The molecule has 144 valence electrons. The van der Waals surface area contributed by atoms with Crippen LogP contribution in [0.1, 0.15) is 0 Å². The van der Waals surface area contributed by atoms with Gasteiger partial charge in [-0.15, -0.1) is 11.3 Å². The highest BCUT2D eigenvalue weighted by molar-refractivity contribution is 7.19. The molecule has 1 aromatic carbocycles. The lowest BCUT2D eigenvalue weighted by atomic mass is 10.1. The highest BCUT2D eigenvalue weighted by Gasteiger charge is 2.17. The van der Waals surface area contributed by atoms with Crippen molar-refractivity contribution in [1.82, 2.24) is 35.1 Å². The maximum Gasteiger partial charge on any atom is 0.161 e. The molecule has 0 fully saturated rings. The molecule has 6 aromatic rings. The fraction of sp³-hybridized carbons (Fsp3) is 0. The SMILES string of the molecule is Clc1ccc(-c2cccc3[nH]c(-c4n[nH]c5ccc(-c6cnccn6)nc45)nc23)s1. The minimum absolute atomic E-state index is 0.648. The molecule has 5 heterocycles. The van der Waals surface area contributed by atoms with E-state index >= 15 is 0 Å². The number of pyridine rings is 1. The van der Waals surface area contributed by atoms with Crippen LogP contribution in [0.4, 0.5) is 0 Å².